The largest absolute Gasteiger partial charge is 0.573 e. The molecule has 0 saturated carbocycles. The average Bonchev–Trinajstić information content (AvgIpc) is 2.34. The van der Waals surface area contributed by atoms with E-state index >= 15 is 0 Å². The number of nitrogens with two attached hydrogens (primary N) is 1. The van der Waals surface area contributed by atoms with Gasteiger partial charge in [-0.25, -0.2) is 0 Å². The Balaban J connectivity index is 2.79. The Morgan fingerprint density at radius 3 is 2.65 bits per heavy atom. The zero-order valence-corrected chi connectivity index (χ0v) is 11.2. The van der Waals surface area contributed by atoms with E-state index < -0.39 is 6.36 Å². The molecule has 1 rings (SSSR count). The predicted molar refractivity (Wildman–Crippen MR) is 69.2 cm³/mol. The Kier molecular flexibility index (Phi) is 6.25. The normalized spacial score (nSPS) is 14.9. The molecule has 0 radical (unpaired) electrons. The molecule has 0 heterocycles. The highest BCUT2D eigenvalue weighted by molar-refractivity contribution is 5.31. The molecule has 1 aromatic carbocycles. The van der Waals surface area contributed by atoms with Gasteiger partial charge < -0.3 is 20.9 Å². The van der Waals surface area contributed by atoms with Crippen LogP contribution in [0, 0.1) is 0 Å². The van der Waals surface area contributed by atoms with Crippen molar-refractivity contribution in [2.45, 2.75) is 31.8 Å². The van der Waals surface area contributed by atoms with Crippen molar-refractivity contribution >= 4 is 0 Å². The average molecular weight is 292 g/mol. The number of aliphatic hydroxyl groups excluding tert-OH is 1. The van der Waals surface area contributed by atoms with E-state index in [1.54, 1.807) is 6.07 Å². The van der Waals surface area contributed by atoms with E-state index in [0.717, 1.165) is 0 Å². The fourth-order valence-electron chi connectivity index (χ4n) is 1.85. The second-order valence-corrected chi connectivity index (χ2v) is 4.49. The Labute approximate surface area is 115 Å². The van der Waals surface area contributed by atoms with Crippen LogP contribution in [0.1, 0.15) is 24.9 Å². The van der Waals surface area contributed by atoms with E-state index in [4.69, 9.17) is 10.8 Å². The lowest BCUT2D eigenvalue weighted by Crippen LogP contribution is -2.35. The van der Waals surface area contributed by atoms with Gasteiger partial charge in [0.15, 0.2) is 0 Å². The second-order valence-electron chi connectivity index (χ2n) is 4.49. The van der Waals surface area contributed by atoms with Crippen molar-refractivity contribution in [1.29, 1.82) is 0 Å². The first-order valence-electron chi connectivity index (χ1n) is 6.28. The standard InChI is InChI=1S/C13H19F3N2O2/c1-9(5-6-19)18-12(8-17)10-3-2-4-11(7-10)20-13(14,15)16/h2-4,7,9,12,18-19H,5-6,8,17H2,1H3. The molecule has 2 atom stereocenters. The summed E-state index contributed by atoms with van der Waals surface area (Å²) < 4.78 is 40.4. The molecule has 0 fully saturated rings. The smallest absolute Gasteiger partial charge is 0.406 e. The molecule has 0 aliphatic carbocycles. The van der Waals surface area contributed by atoms with Gasteiger partial charge >= 0.3 is 6.36 Å². The molecule has 0 saturated heterocycles. The quantitative estimate of drug-likeness (QED) is 0.718. The molecular weight excluding hydrogens is 273 g/mol. The molecule has 0 aromatic heterocycles. The van der Waals surface area contributed by atoms with Gasteiger partial charge in [-0.1, -0.05) is 12.1 Å². The molecule has 0 aliphatic heterocycles. The summed E-state index contributed by atoms with van der Waals surface area (Å²) in [4.78, 5) is 0. The highest BCUT2D eigenvalue weighted by Gasteiger charge is 2.31. The van der Waals surface area contributed by atoms with E-state index in [1.807, 2.05) is 6.92 Å². The Bertz CT molecular complexity index is 413. The van der Waals surface area contributed by atoms with Crippen LogP contribution in [0.15, 0.2) is 24.3 Å². The molecule has 114 valence electrons. The lowest BCUT2D eigenvalue weighted by Gasteiger charge is -2.22. The highest BCUT2D eigenvalue weighted by Crippen LogP contribution is 2.25. The van der Waals surface area contributed by atoms with Crippen LogP contribution in [0.2, 0.25) is 0 Å². The minimum Gasteiger partial charge on any atom is -0.406 e. The lowest BCUT2D eigenvalue weighted by molar-refractivity contribution is -0.274. The third-order valence-corrected chi connectivity index (χ3v) is 2.78. The number of nitrogens with one attached hydrogen (secondary N) is 1. The number of rotatable bonds is 7. The summed E-state index contributed by atoms with van der Waals surface area (Å²) in [5, 5.41) is 12.0. The summed E-state index contributed by atoms with van der Waals surface area (Å²) in [6, 6.07) is 5.41. The van der Waals surface area contributed by atoms with E-state index in [9.17, 15) is 13.2 Å². The van der Waals surface area contributed by atoms with E-state index in [1.165, 1.54) is 18.2 Å². The first kappa shape index (κ1) is 16.7. The maximum absolute atomic E-state index is 12.2. The molecule has 1 aromatic rings. The van der Waals surface area contributed by atoms with Crippen molar-refractivity contribution in [2.24, 2.45) is 5.73 Å². The van der Waals surface area contributed by atoms with Crippen molar-refractivity contribution < 1.29 is 23.0 Å². The van der Waals surface area contributed by atoms with Gasteiger partial charge in [0.05, 0.1) is 0 Å². The van der Waals surface area contributed by atoms with Gasteiger partial charge in [-0.3, -0.25) is 0 Å². The van der Waals surface area contributed by atoms with Crippen molar-refractivity contribution in [1.82, 2.24) is 5.32 Å². The van der Waals surface area contributed by atoms with Crippen LogP contribution in [0.3, 0.4) is 0 Å². The van der Waals surface area contributed by atoms with Crippen LogP contribution in [-0.2, 0) is 0 Å². The van der Waals surface area contributed by atoms with Crippen molar-refractivity contribution in [3.63, 3.8) is 0 Å². The molecular formula is C13H19F3N2O2. The number of hydrogen-bond acceptors (Lipinski definition) is 4. The molecule has 0 amide bonds. The Morgan fingerprint density at radius 1 is 1.40 bits per heavy atom. The number of aliphatic hydroxyl groups is 1. The van der Waals surface area contributed by atoms with Crippen LogP contribution in [0.25, 0.3) is 0 Å². The number of ether oxygens (including phenoxy) is 1. The number of benzene rings is 1. The van der Waals surface area contributed by atoms with Gasteiger partial charge in [-0.2, -0.15) is 0 Å². The van der Waals surface area contributed by atoms with Gasteiger partial charge in [-0.15, -0.1) is 13.2 Å². The van der Waals surface area contributed by atoms with E-state index in [-0.39, 0.29) is 31.0 Å². The molecule has 7 heteroatoms. The lowest BCUT2D eigenvalue weighted by atomic mass is 10.1. The van der Waals surface area contributed by atoms with Crippen molar-refractivity contribution in [3.8, 4) is 5.75 Å². The molecule has 20 heavy (non-hydrogen) atoms. The van der Waals surface area contributed by atoms with Crippen molar-refractivity contribution in [2.75, 3.05) is 13.2 Å². The monoisotopic (exact) mass is 292 g/mol. The maximum Gasteiger partial charge on any atom is 0.573 e. The highest BCUT2D eigenvalue weighted by atomic mass is 19.4. The van der Waals surface area contributed by atoms with Gasteiger partial charge in [0.1, 0.15) is 5.75 Å². The predicted octanol–water partition coefficient (Wildman–Crippen LogP) is 1.95. The first-order valence-corrected chi connectivity index (χ1v) is 6.28. The van der Waals surface area contributed by atoms with Gasteiger partial charge in [0, 0.05) is 25.2 Å². The topological polar surface area (TPSA) is 67.5 Å². The zero-order chi connectivity index (χ0) is 15.2. The Morgan fingerprint density at radius 2 is 2.10 bits per heavy atom. The number of halogens is 3. The first-order chi connectivity index (χ1) is 9.35. The SMILES string of the molecule is CC(CCO)NC(CN)c1cccc(OC(F)(F)F)c1. The Hall–Kier alpha value is -1.31. The summed E-state index contributed by atoms with van der Waals surface area (Å²) in [6.07, 6.45) is -4.18. The summed E-state index contributed by atoms with van der Waals surface area (Å²) >= 11 is 0. The van der Waals surface area contributed by atoms with Crippen LogP contribution in [-0.4, -0.2) is 30.7 Å². The maximum atomic E-state index is 12.2. The summed E-state index contributed by atoms with van der Waals surface area (Å²) in [6.45, 7) is 2.13. The number of hydrogen-bond donors (Lipinski definition) is 3. The van der Waals surface area contributed by atoms with E-state index in [2.05, 4.69) is 10.1 Å². The fourth-order valence-corrected chi connectivity index (χ4v) is 1.85. The third kappa shape index (κ3) is 5.77. The summed E-state index contributed by atoms with van der Waals surface area (Å²) in [7, 11) is 0. The van der Waals surface area contributed by atoms with Gasteiger partial charge in [-0.05, 0) is 31.0 Å². The minimum atomic E-state index is -4.71. The number of alkyl halides is 3. The van der Waals surface area contributed by atoms with E-state index in [0.29, 0.717) is 12.0 Å². The molecule has 4 nitrogen and oxygen atoms in total. The van der Waals surface area contributed by atoms with Crippen LogP contribution >= 0.6 is 0 Å². The molecule has 0 aliphatic rings. The second kappa shape index (κ2) is 7.47. The van der Waals surface area contributed by atoms with Gasteiger partial charge in [0.2, 0.25) is 0 Å². The van der Waals surface area contributed by atoms with Crippen LogP contribution in [0.5, 0.6) is 5.75 Å². The minimum absolute atomic E-state index is 0.000686. The zero-order valence-electron chi connectivity index (χ0n) is 11.2. The molecule has 4 N–H and O–H groups in total. The van der Waals surface area contributed by atoms with Crippen LogP contribution < -0.4 is 15.8 Å². The summed E-state index contributed by atoms with van der Waals surface area (Å²) in [5.74, 6) is -0.273. The molecule has 0 bridgehead atoms. The van der Waals surface area contributed by atoms with Gasteiger partial charge in [0.25, 0.3) is 0 Å². The van der Waals surface area contributed by atoms with Crippen molar-refractivity contribution in [3.05, 3.63) is 29.8 Å². The summed E-state index contributed by atoms with van der Waals surface area (Å²) in [5.41, 5.74) is 6.25. The molecule has 0 spiro atoms. The third-order valence-electron chi connectivity index (χ3n) is 2.78. The molecule has 2 unspecified atom stereocenters. The van der Waals surface area contributed by atoms with Crippen LogP contribution in [0.4, 0.5) is 13.2 Å². The fraction of sp³-hybridized carbons (Fsp3) is 0.538.